The smallest absolute Gasteiger partial charge is 0.261 e. The predicted molar refractivity (Wildman–Crippen MR) is 134 cm³/mol. The Morgan fingerprint density at radius 2 is 1.55 bits per heavy atom. The number of amides is 1. The molecule has 0 saturated heterocycles. The number of carbonyl (C=O) groups is 1. The second-order valence-corrected chi connectivity index (χ2v) is 9.39. The van der Waals surface area contributed by atoms with Crippen molar-refractivity contribution in [3.63, 3.8) is 0 Å². The van der Waals surface area contributed by atoms with Crippen LogP contribution in [0.5, 0.6) is 5.75 Å². The van der Waals surface area contributed by atoms with Crippen molar-refractivity contribution in [2.75, 3.05) is 16.6 Å². The summed E-state index contributed by atoms with van der Waals surface area (Å²) >= 11 is 5.20. The zero-order valence-corrected chi connectivity index (χ0v) is 20.1. The zero-order chi connectivity index (χ0) is 24.0. The summed E-state index contributed by atoms with van der Waals surface area (Å²) in [6, 6.07) is 18.1. The third-order valence-corrected chi connectivity index (χ3v) is 6.44. The van der Waals surface area contributed by atoms with E-state index >= 15 is 0 Å². The molecule has 0 saturated carbocycles. The van der Waals surface area contributed by atoms with Gasteiger partial charge in [0.05, 0.1) is 11.5 Å². The van der Waals surface area contributed by atoms with Crippen LogP contribution < -0.4 is 20.1 Å². The quantitative estimate of drug-likeness (QED) is 0.424. The van der Waals surface area contributed by atoms with Crippen molar-refractivity contribution in [3.8, 4) is 5.75 Å². The van der Waals surface area contributed by atoms with Gasteiger partial charge in [-0.2, -0.15) is 0 Å². The van der Waals surface area contributed by atoms with E-state index in [1.807, 2.05) is 26.8 Å². The number of thiocarbonyl (C=S) groups is 1. The monoisotopic (exact) mass is 483 g/mol. The van der Waals surface area contributed by atoms with E-state index in [-0.39, 0.29) is 15.9 Å². The van der Waals surface area contributed by atoms with E-state index in [0.29, 0.717) is 29.3 Å². The summed E-state index contributed by atoms with van der Waals surface area (Å²) in [7, 11) is -3.74. The van der Waals surface area contributed by atoms with Gasteiger partial charge >= 0.3 is 0 Å². The zero-order valence-electron chi connectivity index (χ0n) is 18.5. The Labute approximate surface area is 199 Å². The molecule has 0 atom stereocenters. The molecule has 0 aromatic heterocycles. The number of anilines is 2. The molecule has 3 N–H and O–H groups in total. The minimum absolute atomic E-state index is 0.0951. The first-order chi connectivity index (χ1) is 15.7. The van der Waals surface area contributed by atoms with Gasteiger partial charge in [-0.1, -0.05) is 6.07 Å². The normalized spacial score (nSPS) is 10.9. The third kappa shape index (κ3) is 6.53. The molecule has 0 spiro atoms. The van der Waals surface area contributed by atoms with Gasteiger partial charge in [-0.05, 0) is 105 Å². The first-order valence-corrected chi connectivity index (χ1v) is 12.1. The fourth-order valence-electron chi connectivity index (χ4n) is 2.94. The van der Waals surface area contributed by atoms with Crippen molar-refractivity contribution in [2.24, 2.45) is 0 Å². The van der Waals surface area contributed by atoms with Gasteiger partial charge in [0, 0.05) is 16.9 Å². The standard InChI is InChI=1S/C24H25N3O4S2/c1-4-31-21-11-6-18(7-12-21)23(28)26-24(32)25-19-9-13-22(14-10-19)33(29,30)27-20-8-5-16(2)17(3)15-20/h5-15,27H,4H2,1-3H3,(H2,25,26,28,32). The van der Waals surface area contributed by atoms with Crippen LogP contribution in [0, 0.1) is 13.8 Å². The molecule has 0 radical (unpaired) electrons. The molecule has 1 amide bonds. The summed E-state index contributed by atoms with van der Waals surface area (Å²) in [4.78, 5) is 12.5. The van der Waals surface area contributed by atoms with Gasteiger partial charge in [-0.3, -0.25) is 14.8 Å². The van der Waals surface area contributed by atoms with Crippen LogP contribution in [-0.2, 0) is 10.0 Å². The van der Waals surface area contributed by atoms with Crippen LogP contribution >= 0.6 is 12.2 Å². The molecular weight excluding hydrogens is 458 g/mol. The van der Waals surface area contributed by atoms with Crippen molar-refractivity contribution in [1.29, 1.82) is 0 Å². The fraction of sp³-hybridized carbons (Fsp3) is 0.167. The number of nitrogens with one attached hydrogen (secondary N) is 3. The third-order valence-electron chi connectivity index (χ3n) is 4.84. The molecule has 0 bridgehead atoms. The van der Waals surface area contributed by atoms with Crippen LogP contribution in [0.15, 0.2) is 71.6 Å². The highest BCUT2D eigenvalue weighted by atomic mass is 32.2. The van der Waals surface area contributed by atoms with Crippen LogP contribution in [0.1, 0.15) is 28.4 Å². The van der Waals surface area contributed by atoms with E-state index in [4.69, 9.17) is 17.0 Å². The number of ether oxygens (including phenoxy) is 1. The van der Waals surface area contributed by atoms with Gasteiger partial charge in [0.15, 0.2) is 5.11 Å². The number of sulfonamides is 1. The van der Waals surface area contributed by atoms with Crippen molar-refractivity contribution < 1.29 is 17.9 Å². The maximum Gasteiger partial charge on any atom is 0.261 e. The predicted octanol–water partition coefficient (Wildman–Crippen LogP) is 4.63. The van der Waals surface area contributed by atoms with E-state index in [1.165, 1.54) is 12.1 Å². The van der Waals surface area contributed by atoms with Crippen molar-refractivity contribution in [3.05, 3.63) is 83.4 Å². The van der Waals surface area contributed by atoms with Gasteiger partial charge in [-0.15, -0.1) is 0 Å². The first kappa shape index (κ1) is 24.2. The van der Waals surface area contributed by atoms with E-state index in [0.717, 1.165) is 11.1 Å². The summed E-state index contributed by atoms with van der Waals surface area (Å²) < 4.78 is 33.3. The second kappa shape index (κ2) is 10.5. The van der Waals surface area contributed by atoms with E-state index in [1.54, 1.807) is 48.5 Å². The largest absolute Gasteiger partial charge is 0.494 e. The average Bonchev–Trinajstić information content (AvgIpc) is 2.77. The molecule has 0 fully saturated rings. The molecule has 0 heterocycles. The molecule has 3 aromatic carbocycles. The number of carbonyl (C=O) groups excluding carboxylic acids is 1. The van der Waals surface area contributed by atoms with Crippen LogP contribution in [0.2, 0.25) is 0 Å². The minimum Gasteiger partial charge on any atom is -0.494 e. The Morgan fingerprint density at radius 3 is 2.15 bits per heavy atom. The highest BCUT2D eigenvalue weighted by Crippen LogP contribution is 2.20. The minimum atomic E-state index is -3.74. The molecule has 9 heteroatoms. The molecule has 172 valence electrons. The lowest BCUT2D eigenvalue weighted by molar-refractivity contribution is 0.0977. The fourth-order valence-corrected chi connectivity index (χ4v) is 4.20. The van der Waals surface area contributed by atoms with Gasteiger partial charge < -0.3 is 10.1 Å². The maximum absolute atomic E-state index is 12.7. The lowest BCUT2D eigenvalue weighted by Crippen LogP contribution is -2.34. The summed E-state index contributed by atoms with van der Waals surface area (Å²) in [6.45, 7) is 6.31. The summed E-state index contributed by atoms with van der Waals surface area (Å²) in [5.41, 5.74) is 3.55. The SMILES string of the molecule is CCOc1ccc(C(=O)NC(=S)Nc2ccc(S(=O)(=O)Nc3ccc(C)c(C)c3)cc2)cc1. The molecule has 0 aliphatic carbocycles. The lowest BCUT2D eigenvalue weighted by atomic mass is 10.1. The number of rotatable bonds is 7. The highest BCUT2D eigenvalue weighted by Gasteiger charge is 2.15. The second-order valence-electron chi connectivity index (χ2n) is 7.29. The molecule has 7 nitrogen and oxygen atoms in total. The summed E-state index contributed by atoms with van der Waals surface area (Å²) in [6.07, 6.45) is 0. The molecule has 0 unspecified atom stereocenters. The molecule has 3 rings (SSSR count). The van der Waals surface area contributed by atoms with E-state index in [2.05, 4.69) is 15.4 Å². The van der Waals surface area contributed by atoms with E-state index in [9.17, 15) is 13.2 Å². The van der Waals surface area contributed by atoms with Gasteiger partial charge in [0.1, 0.15) is 5.75 Å². The van der Waals surface area contributed by atoms with Crippen LogP contribution in [0.3, 0.4) is 0 Å². The molecule has 3 aromatic rings. The number of aryl methyl sites for hydroxylation is 2. The Bertz CT molecular complexity index is 1260. The lowest BCUT2D eigenvalue weighted by Gasteiger charge is -2.12. The molecule has 33 heavy (non-hydrogen) atoms. The molecule has 0 aliphatic heterocycles. The average molecular weight is 484 g/mol. The first-order valence-electron chi connectivity index (χ1n) is 10.2. The van der Waals surface area contributed by atoms with Crippen molar-refractivity contribution >= 4 is 44.6 Å². The van der Waals surface area contributed by atoms with Gasteiger partial charge in [0.25, 0.3) is 15.9 Å². The summed E-state index contributed by atoms with van der Waals surface area (Å²) in [5, 5.41) is 5.56. The van der Waals surface area contributed by atoms with Gasteiger partial charge in [0.2, 0.25) is 0 Å². The Balaban J connectivity index is 1.60. The van der Waals surface area contributed by atoms with Crippen LogP contribution in [0.25, 0.3) is 0 Å². The number of benzene rings is 3. The van der Waals surface area contributed by atoms with Crippen molar-refractivity contribution in [1.82, 2.24) is 5.32 Å². The number of hydrogen-bond donors (Lipinski definition) is 3. The van der Waals surface area contributed by atoms with Gasteiger partial charge in [-0.25, -0.2) is 8.42 Å². The topological polar surface area (TPSA) is 96.5 Å². The number of hydrogen-bond acceptors (Lipinski definition) is 5. The Kier molecular flexibility index (Phi) is 7.67. The van der Waals surface area contributed by atoms with Crippen molar-refractivity contribution in [2.45, 2.75) is 25.7 Å². The molecule has 0 aliphatic rings. The van der Waals surface area contributed by atoms with Crippen LogP contribution in [0.4, 0.5) is 11.4 Å². The Morgan fingerprint density at radius 1 is 0.909 bits per heavy atom. The van der Waals surface area contributed by atoms with E-state index < -0.39 is 10.0 Å². The summed E-state index contributed by atoms with van der Waals surface area (Å²) in [5.74, 6) is 0.309. The molecular formula is C24H25N3O4S2. The highest BCUT2D eigenvalue weighted by molar-refractivity contribution is 7.92. The maximum atomic E-state index is 12.7. The van der Waals surface area contributed by atoms with Crippen LogP contribution in [-0.4, -0.2) is 26.0 Å². The Hall–Kier alpha value is -3.43.